The van der Waals surface area contributed by atoms with Gasteiger partial charge in [-0.25, -0.2) is 0 Å². The van der Waals surface area contributed by atoms with E-state index in [1.54, 1.807) is 0 Å². The normalized spacial score (nSPS) is 52.1. The van der Waals surface area contributed by atoms with Gasteiger partial charge >= 0.3 is 0 Å². The fraction of sp³-hybridized carbons (Fsp3) is 0.974. The maximum atomic E-state index is 12.7. The lowest BCUT2D eigenvalue weighted by Gasteiger charge is -2.51. The molecule has 31 nitrogen and oxygen atoms in total. The zero-order valence-electron chi connectivity index (χ0n) is 36.8. The predicted octanol–water partition coefficient (Wildman–Crippen LogP) is -12.9. The van der Waals surface area contributed by atoms with Crippen molar-refractivity contribution in [1.29, 1.82) is 0 Å². The molecule has 0 aromatic heterocycles. The minimum absolute atomic E-state index is 0.863. The fourth-order valence-electron chi connectivity index (χ4n) is 8.84. The Bertz CT molecular complexity index is 1610. The summed E-state index contributed by atoms with van der Waals surface area (Å²) in [6, 6.07) is -1.79. The Morgan fingerprint density at radius 2 is 0.768 bits per heavy atom. The van der Waals surface area contributed by atoms with Gasteiger partial charge in [-0.1, -0.05) is 0 Å². The van der Waals surface area contributed by atoms with Crippen LogP contribution in [0, 0.1) is 0 Å². The van der Waals surface area contributed by atoms with Crippen molar-refractivity contribution >= 4 is 5.91 Å². The second kappa shape index (κ2) is 24.1. The zero-order valence-corrected chi connectivity index (χ0v) is 36.8. The summed E-state index contributed by atoms with van der Waals surface area (Å²) >= 11 is 0. The number of ether oxygens (including phenoxy) is 11. The molecule has 6 heterocycles. The molecule has 402 valence electrons. The molecule has 0 aromatic carbocycles. The average Bonchev–Trinajstić information content (AvgIpc) is 3.32. The molecule has 1 amide bonds. The molecule has 30 atom stereocenters. The number of carbonyl (C=O) groups excluding carboxylic acids is 1. The lowest BCUT2D eigenvalue weighted by Crippen LogP contribution is -2.70. The van der Waals surface area contributed by atoms with Crippen LogP contribution in [0.25, 0.3) is 0 Å². The number of aliphatic hydroxyl groups is 18. The van der Waals surface area contributed by atoms with Gasteiger partial charge in [0.2, 0.25) is 5.91 Å². The Hall–Kier alpha value is -1.69. The van der Waals surface area contributed by atoms with Gasteiger partial charge in [0.1, 0.15) is 140 Å². The van der Waals surface area contributed by atoms with Crippen molar-refractivity contribution in [2.24, 2.45) is 0 Å². The van der Waals surface area contributed by atoms with Gasteiger partial charge in [0.25, 0.3) is 0 Å². The topological polar surface area (TPSA) is 495 Å². The Morgan fingerprint density at radius 3 is 1.33 bits per heavy atom. The minimum Gasteiger partial charge on any atom is -0.394 e. The highest BCUT2D eigenvalue weighted by Crippen LogP contribution is 2.37. The van der Waals surface area contributed by atoms with E-state index in [-0.39, 0.29) is 0 Å². The van der Waals surface area contributed by atoms with Crippen molar-refractivity contribution in [3.05, 3.63) is 0 Å². The van der Waals surface area contributed by atoms with E-state index in [0.717, 1.165) is 6.92 Å². The molecule has 0 bridgehead atoms. The van der Waals surface area contributed by atoms with Crippen LogP contribution in [0.2, 0.25) is 0 Å². The molecule has 6 saturated heterocycles. The summed E-state index contributed by atoms with van der Waals surface area (Å²) < 4.78 is 62.4. The first-order valence-electron chi connectivity index (χ1n) is 22.0. The third kappa shape index (κ3) is 11.8. The number of rotatable bonds is 16. The van der Waals surface area contributed by atoms with Gasteiger partial charge in [-0.3, -0.25) is 4.79 Å². The monoisotopic (exact) mass is 1020 g/mol. The summed E-state index contributed by atoms with van der Waals surface area (Å²) in [5.74, 6) is -0.863. The molecule has 6 aliphatic rings. The van der Waals surface area contributed by atoms with Crippen molar-refractivity contribution in [3.63, 3.8) is 0 Å². The SMILES string of the molecule is CC(=O)NC1C(O[C@@H]2OC(CO)[C@H](O)C(O)C2O[C@@H]2OC(C)[C@H](O)C(O)C2O)[C@@H](O)C(CO)O[C@H]1OC1C(O)[C@@H](O[C@H]2C(CO)O[C@@H](O[C@@H]3C(CO)O[C@@H](O)C(O)C3O)C(O)C2O)OC(CO)[C@@H]1O. The minimum atomic E-state index is -2.21. The van der Waals surface area contributed by atoms with Gasteiger partial charge in [-0.15, -0.1) is 0 Å². The first-order chi connectivity index (χ1) is 32.6. The molecule has 0 aliphatic carbocycles. The quantitative estimate of drug-likeness (QED) is 0.0682. The Balaban J connectivity index is 1.23. The smallest absolute Gasteiger partial charge is 0.217 e. The van der Waals surface area contributed by atoms with E-state index in [1.165, 1.54) is 6.92 Å². The highest BCUT2D eigenvalue weighted by Gasteiger charge is 2.58. The number of nitrogens with one attached hydrogen (secondary N) is 1. The second-order valence-corrected chi connectivity index (χ2v) is 17.5. The molecule has 19 N–H and O–H groups in total. The zero-order chi connectivity index (χ0) is 50.9. The fourth-order valence-corrected chi connectivity index (χ4v) is 8.84. The largest absolute Gasteiger partial charge is 0.394 e. The number of hydrogen-bond acceptors (Lipinski definition) is 30. The Kier molecular flexibility index (Phi) is 19.8. The van der Waals surface area contributed by atoms with Gasteiger partial charge in [0.15, 0.2) is 37.7 Å². The van der Waals surface area contributed by atoms with Crippen LogP contribution in [0.3, 0.4) is 0 Å². The highest BCUT2D eigenvalue weighted by molar-refractivity contribution is 5.73. The third-order valence-electron chi connectivity index (χ3n) is 12.8. The van der Waals surface area contributed by atoms with E-state index in [2.05, 4.69) is 5.32 Å². The van der Waals surface area contributed by atoms with E-state index >= 15 is 0 Å². The van der Waals surface area contributed by atoms with E-state index in [0.29, 0.717) is 0 Å². The summed E-state index contributed by atoms with van der Waals surface area (Å²) in [5, 5.41) is 194. The van der Waals surface area contributed by atoms with Crippen LogP contribution in [0.15, 0.2) is 0 Å². The van der Waals surface area contributed by atoms with E-state index in [1.807, 2.05) is 0 Å². The third-order valence-corrected chi connectivity index (χ3v) is 12.8. The first kappa shape index (κ1) is 56.6. The number of amides is 1. The molecule has 18 unspecified atom stereocenters. The van der Waals surface area contributed by atoms with Crippen molar-refractivity contribution in [3.8, 4) is 0 Å². The van der Waals surface area contributed by atoms with Crippen LogP contribution >= 0.6 is 0 Å². The summed E-state index contributed by atoms with van der Waals surface area (Å²) in [6.45, 7) is -2.55. The standard InChI is InChI=1S/C38H65NO30/c1-8-16(46)20(50)25(55)35(59-8)69-32-21(51)17(47)10(3-40)63-38(32)67-30-15(39-9(2)45)34(61-11(4-41)18(30)48)68-31-19(49)12(5-42)62-37(27(31)57)66-29-14(7-44)64-36(26(56)23(29)53)65-28-13(6-43)60-33(58)24(54)22(28)52/h8,10-38,40-44,46-58H,3-7H2,1-2H3,(H,39,45)/t8?,10?,11?,12?,13?,14?,15?,16-,17-,18-,19-,20?,21?,22?,23?,24?,25?,26?,27?,28+,29-,30?,31?,32?,33+,34-,35-,36-,37+,38-/m0/s1. The van der Waals surface area contributed by atoms with Gasteiger partial charge in [0, 0.05) is 6.92 Å². The van der Waals surface area contributed by atoms with Gasteiger partial charge < -0.3 is 149 Å². The van der Waals surface area contributed by atoms with Crippen LogP contribution < -0.4 is 5.32 Å². The molecular formula is C38H65NO30. The van der Waals surface area contributed by atoms with Crippen LogP contribution in [0.1, 0.15) is 13.8 Å². The first-order valence-corrected chi connectivity index (χ1v) is 22.0. The molecule has 6 aliphatic heterocycles. The van der Waals surface area contributed by atoms with Crippen LogP contribution in [-0.2, 0) is 56.9 Å². The van der Waals surface area contributed by atoms with Crippen LogP contribution in [-0.4, -0.2) is 315 Å². The van der Waals surface area contributed by atoms with Gasteiger partial charge in [0.05, 0.1) is 39.1 Å². The van der Waals surface area contributed by atoms with Crippen molar-refractivity contribution in [2.75, 3.05) is 33.0 Å². The molecular weight excluding hydrogens is 950 g/mol. The molecule has 0 saturated carbocycles. The lowest BCUT2D eigenvalue weighted by atomic mass is 9.94. The number of carbonyl (C=O) groups is 1. The Labute approximate surface area is 390 Å². The summed E-state index contributed by atoms with van der Waals surface area (Å²) in [5.41, 5.74) is 0. The van der Waals surface area contributed by atoms with E-state index < -0.39 is 223 Å². The number of hydrogen-bond donors (Lipinski definition) is 19. The average molecular weight is 1020 g/mol. The Morgan fingerprint density at radius 1 is 0.377 bits per heavy atom. The van der Waals surface area contributed by atoms with Gasteiger partial charge in [-0.2, -0.15) is 0 Å². The summed E-state index contributed by atoms with van der Waals surface area (Å²) in [7, 11) is 0. The summed E-state index contributed by atoms with van der Waals surface area (Å²) in [6.07, 6.45) is -54.3. The van der Waals surface area contributed by atoms with E-state index in [9.17, 15) is 96.7 Å². The lowest BCUT2D eigenvalue weighted by molar-refractivity contribution is -0.393. The molecule has 31 heteroatoms. The van der Waals surface area contributed by atoms with Gasteiger partial charge in [-0.05, 0) is 6.92 Å². The van der Waals surface area contributed by atoms with E-state index in [4.69, 9.17) is 52.1 Å². The maximum Gasteiger partial charge on any atom is 0.217 e. The summed E-state index contributed by atoms with van der Waals surface area (Å²) in [4.78, 5) is 12.7. The van der Waals surface area contributed by atoms with Crippen LogP contribution in [0.4, 0.5) is 0 Å². The van der Waals surface area contributed by atoms with Crippen molar-refractivity contribution in [1.82, 2.24) is 5.32 Å². The molecule has 0 aromatic rings. The molecule has 69 heavy (non-hydrogen) atoms. The van der Waals surface area contributed by atoms with Crippen LogP contribution in [0.5, 0.6) is 0 Å². The predicted molar refractivity (Wildman–Crippen MR) is 209 cm³/mol. The van der Waals surface area contributed by atoms with Crippen molar-refractivity contribution < 1.29 is 149 Å². The maximum absolute atomic E-state index is 12.7. The molecule has 6 fully saturated rings. The second-order valence-electron chi connectivity index (χ2n) is 17.5. The molecule has 0 spiro atoms. The van der Waals surface area contributed by atoms with Crippen molar-refractivity contribution in [2.45, 2.75) is 198 Å². The highest BCUT2D eigenvalue weighted by atomic mass is 16.8. The molecule has 6 rings (SSSR count). The molecule has 0 radical (unpaired) electrons. The number of aliphatic hydroxyl groups excluding tert-OH is 18.